The third-order valence-electron chi connectivity index (χ3n) is 4.04. The van der Waals surface area contributed by atoms with Crippen molar-refractivity contribution in [3.63, 3.8) is 0 Å². The Hall–Kier alpha value is -1.36. The van der Waals surface area contributed by atoms with Gasteiger partial charge in [-0.05, 0) is 37.1 Å². The average molecular weight is 308 g/mol. The molecule has 21 heavy (non-hydrogen) atoms. The van der Waals surface area contributed by atoms with Crippen molar-refractivity contribution in [2.24, 2.45) is 11.8 Å². The number of nitrogens with one attached hydrogen (secondary N) is 2. The van der Waals surface area contributed by atoms with Crippen LogP contribution in [-0.4, -0.2) is 17.9 Å². The molecule has 2 atom stereocenters. The van der Waals surface area contributed by atoms with Crippen LogP contribution < -0.4 is 10.6 Å². The Kier molecular flexibility index (Phi) is 5.39. The molecule has 1 aliphatic rings. The molecule has 1 aromatic rings. The number of rotatable bonds is 6. The van der Waals surface area contributed by atoms with Gasteiger partial charge in [-0.15, -0.1) is 11.3 Å². The van der Waals surface area contributed by atoms with Crippen LogP contribution in [0.1, 0.15) is 51.0 Å². The second-order valence-corrected chi connectivity index (χ2v) is 7.08. The van der Waals surface area contributed by atoms with Crippen molar-refractivity contribution >= 4 is 23.2 Å². The minimum absolute atomic E-state index is 0.000514. The molecule has 2 rings (SSSR count). The molecule has 116 valence electrons. The van der Waals surface area contributed by atoms with Gasteiger partial charge < -0.3 is 10.6 Å². The van der Waals surface area contributed by atoms with Crippen molar-refractivity contribution in [3.8, 4) is 0 Å². The highest BCUT2D eigenvalue weighted by Gasteiger charge is 2.28. The van der Waals surface area contributed by atoms with E-state index in [1.165, 1.54) is 0 Å². The summed E-state index contributed by atoms with van der Waals surface area (Å²) >= 11 is 1.64. The maximum atomic E-state index is 12.3. The van der Waals surface area contributed by atoms with Gasteiger partial charge in [0.1, 0.15) is 6.04 Å². The zero-order chi connectivity index (χ0) is 15.4. The molecule has 2 amide bonds. The fourth-order valence-electron chi connectivity index (χ4n) is 2.38. The van der Waals surface area contributed by atoms with Gasteiger partial charge in [0.05, 0.1) is 6.04 Å². The second kappa shape index (κ2) is 7.07. The number of thiophene rings is 1. The summed E-state index contributed by atoms with van der Waals surface area (Å²) in [5.41, 5.74) is 0. The van der Waals surface area contributed by atoms with Crippen LogP contribution in [0.3, 0.4) is 0 Å². The summed E-state index contributed by atoms with van der Waals surface area (Å²) in [6, 6.07) is 3.54. The van der Waals surface area contributed by atoms with Crippen molar-refractivity contribution in [1.29, 1.82) is 0 Å². The number of carbonyl (C=O) groups excluding carboxylic acids is 2. The molecule has 0 bridgehead atoms. The molecule has 1 fully saturated rings. The van der Waals surface area contributed by atoms with E-state index in [0.29, 0.717) is 5.92 Å². The molecule has 1 aliphatic carbocycles. The van der Waals surface area contributed by atoms with Crippen LogP contribution in [0.5, 0.6) is 0 Å². The summed E-state index contributed by atoms with van der Waals surface area (Å²) < 4.78 is 0. The molecule has 2 N–H and O–H groups in total. The minimum atomic E-state index is -0.487. The maximum absolute atomic E-state index is 12.3. The van der Waals surface area contributed by atoms with Crippen LogP contribution in [0, 0.1) is 11.8 Å². The maximum Gasteiger partial charge on any atom is 0.242 e. The van der Waals surface area contributed by atoms with E-state index < -0.39 is 6.04 Å². The van der Waals surface area contributed by atoms with E-state index in [1.54, 1.807) is 18.3 Å². The molecule has 1 saturated carbocycles. The van der Waals surface area contributed by atoms with E-state index in [4.69, 9.17) is 0 Å². The first kappa shape index (κ1) is 16.0. The Balaban J connectivity index is 1.90. The predicted molar refractivity (Wildman–Crippen MR) is 85.0 cm³/mol. The quantitative estimate of drug-likeness (QED) is 0.849. The van der Waals surface area contributed by atoms with Gasteiger partial charge >= 0.3 is 0 Å². The number of hydrogen-bond acceptors (Lipinski definition) is 3. The highest BCUT2D eigenvalue weighted by molar-refractivity contribution is 7.10. The van der Waals surface area contributed by atoms with Gasteiger partial charge in [-0.25, -0.2) is 0 Å². The molecule has 0 unspecified atom stereocenters. The number of amides is 2. The molecule has 0 saturated heterocycles. The fraction of sp³-hybridized carbons (Fsp3) is 0.625. The Morgan fingerprint density at radius 3 is 2.43 bits per heavy atom. The highest BCUT2D eigenvalue weighted by atomic mass is 32.1. The van der Waals surface area contributed by atoms with Gasteiger partial charge in [0.25, 0.3) is 0 Å². The molecule has 1 aromatic heterocycles. The summed E-state index contributed by atoms with van der Waals surface area (Å²) in [6.45, 7) is 5.92. The van der Waals surface area contributed by atoms with E-state index in [0.717, 1.165) is 24.1 Å². The summed E-state index contributed by atoms with van der Waals surface area (Å²) in [6.07, 6.45) is 3.01. The molecule has 0 aromatic carbocycles. The summed E-state index contributed by atoms with van der Waals surface area (Å²) in [5, 5.41) is 7.89. The Morgan fingerprint density at radius 1 is 1.24 bits per heavy atom. The van der Waals surface area contributed by atoms with Crippen molar-refractivity contribution < 1.29 is 9.59 Å². The molecular weight excluding hydrogens is 284 g/mol. The zero-order valence-electron chi connectivity index (χ0n) is 12.9. The van der Waals surface area contributed by atoms with Gasteiger partial charge in [0.15, 0.2) is 0 Å². The van der Waals surface area contributed by atoms with Gasteiger partial charge in [-0.1, -0.05) is 26.3 Å². The summed E-state index contributed by atoms with van der Waals surface area (Å²) in [5.74, 6) is 0.316. The van der Waals surface area contributed by atoms with Gasteiger partial charge in [-0.2, -0.15) is 0 Å². The number of hydrogen-bond donors (Lipinski definition) is 2. The first-order valence-corrected chi connectivity index (χ1v) is 8.51. The third kappa shape index (κ3) is 4.06. The second-order valence-electron chi connectivity index (χ2n) is 6.10. The molecule has 0 spiro atoms. The van der Waals surface area contributed by atoms with E-state index >= 15 is 0 Å². The lowest BCUT2D eigenvalue weighted by Crippen LogP contribution is -2.48. The average Bonchev–Trinajstić information content (AvgIpc) is 2.86. The molecule has 4 nitrogen and oxygen atoms in total. The van der Waals surface area contributed by atoms with Gasteiger partial charge in [0.2, 0.25) is 11.8 Å². The molecule has 5 heteroatoms. The molecule has 0 aliphatic heterocycles. The van der Waals surface area contributed by atoms with Crippen LogP contribution >= 0.6 is 11.3 Å². The van der Waals surface area contributed by atoms with E-state index in [-0.39, 0.29) is 23.8 Å². The summed E-state index contributed by atoms with van der Waals surface area (Å²) in [4.78, 5) is 25.3. The molecular formula is C16H24N2O2S. The van der Waals surface area contributed by atoms with E-state index in [9.17, 15) is 9.59 Å². The highest BCUT2D eigenvalue weighted by Crippen LogP contribution is 2.27. The van der Waals surface area contributed by atoms with Crippen LogP contribution in [-0.2, 0) is 9.59 Å². The zero-order valence-corrected chi connectivity index (χ0v) is 13.7. The molecule has 0 radical (unpaired) electrons. The van der Waals surface area contributed by atoms with Gasteiger partial charge in [0, 0.05) is 10.8 Å². The van der Waals surface area contributed by atoms with Crippen molar-refractivity contribution in [3.05, 3.63) is 22.4 Å². The minimum Gasteiger partial charge on any atom is -0.346 e. The largest absolute Gasteiger partial charge is 0.346 e. The monoisotopic (exact) mass is 308 g/mol. The third-order valence-corrected chi connectivity index (χ3v) is 5.00. The Morgan fingerprint density at radius 2 is 1.95 bits per heavy atom. The predicted octanol–water partition coefficient (Wildman–Crippen LogP) is 2.87. The van der Waals surface area contributed by atoms with Crippen molar-refractivity contribution in [2.45, 2.75) is 52.1 Å². The Bertz CT molecular complexity index is 480. The number of carbonyl (C=O) groups is 2. The van der Waals surface area contributed by atoms with Crippen LogP contribution in [0.4, 0.5) is 0 Å². The Labute approximate surface area is 130 Å². The lowest BCUT2D eigenvalue weighted by atomic mass is 9.84. The normalized spacial score (nSPS) is 17.9. The lowest BCUT2D eigenvalue weighted by Gasteiger charge is -2.27. The van der Waals surface area contributed by atoms with E-state index in [1.807, 2.05) is 17.5 Å². The smallest absolute Gasteiger partial charge is 0.242 e. The lowest BCUT2D eigenvalue weighted by molar-refractivity contribution is -0.132. The summed E-state index contributed by atoms with van der Waals surface area (Å²) in [7, 11) is 0. The van der Waals surface area contributed by atoms with Crippen molar-refractivity contribution in [2.75, 3.05) is 0 Å². The van der Waals surface area contributed by atoms with Crippen molar-refractivity contribution in [1.82, 2.24) is 10.6 Å². The van der Waals surface area contributed by atoms with Crippen LogP contribution in [0.2, 0.25) is 0 Å². The SMILES string of the molecule is CC(C)[C@@H](NC(=O)[C@H](C)NC(=O)C1CCC1)c1cccs1. The topological polar surface area (TPSA) is 58.2 Å². The van der Waals surface area contributed by atoms with Gasteiger partial charge in [-0.3, -0.25) is 9.59 Å². The van der Waals surface area contributed by atoms with E-state index in [2.05, 4.69) is 24.5 Å². The van der Waals surface area contributed by atoms with Crippen LogP contribution in [0.15, 0.2) is 17.5 Å². The fourth-order valence-corrected chi connectivity index (χ4v) is 3.33. The standard InChI is InChI=1S/C16H24N2O2S/c1-10(2)14(13-8-5-9-21-13)18-15(19)11(3)17-16(20)12-6-4-7-12/h5,8-12,14H,4,6-7H2,1-3H3,(H,17,20)(H,18,19)/t11-,14+/m0/s1. The van der Waals surface area contributed by atoms with Crippen LogP contribution in [0.25, 0.3) is 0 Å². The first-order valence-electron chi connectivity index (χ1n) is 7.63. The molecule has 1 heterocycles. The first-order chi connectivity index (χ1) is 9.99.